The van der Waals surface area contributed by atoms with Crippen LogP contribution in [0.5, 0.6) is 5.88 Å². The van der Waals surface area contributed by atoms with Crippen molar-refractivity contribution in [3.05, 3.63) is 36.4 Å². The first kappa shape index (κ1) is 11.6. The average molecular weight is 231 g/mol. The van der Waals surface area contributed by atoms with Crippen LogP contribution in [0.4, 0.5) is 0 Å². The molecule has 4 heteroatoms. The van der Waals surface area contributed by atoms with Gasteiger partial charge in [-0.1, -0.05) is 13.0 Å². The van der Waals surface area contributed by atoms with Crippen molar-refractivity contribution in [2.45, 2.75) is 26.7 Å². The molecule has 2 aromatic rings. The van der Waals surface area contributed by atoms with Gasteiger partial charge in [0.1, 0.15) is 11.6 Å². The molecule has 0 fully saturated rings. The second kappa shape index (κ2) is 5.48. The Morgan fingerprint density at radius 3 is 2.94 bits per heavy atom. The smallest absolute Gasteiger partial charge is 0.215 e. The first-order chi connectivity index (χ1) is 8.35. The summed E-state index contributed by atoms with van der Waals surface area (Å²) in [5, 5.41) is 0. The molecule has 0 aromatic carbocycles. The monoisotopic (exact) mass is 231 g/mol. The molecule has 17 heavy (non-hydrogen) atoms. The van der Waals surface area contributed by atoms with Crippen LogP contribution in [0.2, 0.25) is 0 Å². The lowest BCUT2D eigenvalue weighted by atomic mass is 10.3. The van der Waals surface area contributed by atoms with Gasteiger partial charge in [0.05, 0.1) is 6.61 Å². The average Bonchev–Trinajstić information content (AvgIpc) is 2.79. The van der Waals surface area contributed by atoms with E-state index in [4.69, 9.17) is 4.74 Å². The Balaban J connectivity index is 2.31. The van der Waals surface area contributed by atoms with Gasteiger partial charge in [-0.25, -0.2) is 4.98 Å². The number of ether oxygens (including phenoxy) is 1. The number of pyridine rings is 1. The lowest BCUT2D eigenvalue weighted by Gasteiger charge is -2.08. The van der Waals surface area contributed by atoms with Crippen LogP contribution in [0, 0.1) is 0 Å². The SMILES string of the molecule is CCCc1nccn1-c1cccc(OCC)n1. The van der Waals surface area contributed by atoms with Crippen LogP contribution in [0.1, 0.15) is 26.1 Å². The molecule has 0 amide bonds. The fraction of sp³-hybridized carbons (Fsp3) is 0.385. The van der Waals surface area contributed by atoms with E-state index in [2.05, 4.69) is 16.9 Å². The standard InChI is InChI=1S/C13H17N3O/c1-3-6-11-14-9-10-16(11)12-7-5-8-13(15-12)17-4-2/h5,7-10H,3-4,6H2,1-2H3. The van der Waals surface area contributed by atoms with Crippen molar-refractivity contribution in [1.82, 2.24) is 14.5 Å². The molecule has 4 nitrogen and oxygen atoms in total. The van der Waals surface area contributed by atoms with E-state index >= 15 is 0 Å². The van der Waals surface area contributed by atoms with Crippen LogP contribution in [0.25, 0.3) is 5.82 Å². The van der Waals surface area contributed by atoms with Gasteiger partial charge in [0, 0.05) is 24.9 Å². The third kappa shape index (κ3) is 2.64. The second-order valence-electron chi connectivity index (χ2n) is 3.73. The summed E-state index contributed by atoms with van der Waals surface area (Å²) in [5.74, 6) is 2.55. The number of imidazole rings is 1. The van der Waals surface area contributed by atoms with Gasteiger partial charge in [0.2, 0.25) is 5.88 Å². The molecule has 2 heterocycles. The zero-order chi connectivity index (χ0) is 12.1. The fourth-order valence-electron chi connectivity index (χ4n) is 1.72. The minimum atomic E-state index is 0.627. The second-order valence-corrected chi connectivity index (χ2v) is 3.73. The highest BCUT2D eigenvalue weighted by Gasteiger charge is 2.06. The molecule has 0 aliphatic heterocycles. The lowest BCUT2D eigenvalue weighted by molar-refractivity contribution is 0.326. The van der Waals surface area contributed by atoms with Crippen LogP contribution < -0.4 is 4.74 Å². The molecule has 0 spiro atoms. The molecule has 0 bridgehead atoms. The van der Waals surface area contributed by atoms with Crippen molar-refractivity contribution in [3.63, 3.8) is 0 Å². The third-order valence-corrected chi connectivity index (χ3v) is 2.44. The molecule has 0 unspecified atom stereocenters. The van der Waals surface area contributed by atoms with Crippen molar-refractivity contribution in [1.29, 1.82) is 0 Å². The molecular weight excluding hydrogens is 214 g/mol. The third-order valence-electron chi connectivity index (χ3n) is 2.44. The van der Waals surface area contributed by atoms with Crippen LogP contribution in [-0.4, -0.2) is 21.1 Å². The Morgan fingerprint density at radius 2 is 2.18 bits per heavy atom. The molecule has 2 rings (SSSR count). The predicted molar refractivity (Wildman–Crippen MR) is 66.5 cm³/mol. The fourth-order valence-corrected chi connectivity index (χ4v) is 1.72. The zero-order valence-electron chi connectivity index (χ0n) is 10.3. The van der Waals surface area contributed by atoms with Gasteiger partial charge in [-0.2, -0.15) is 4.98 Å². The summed E-state index contributed by atoms with van der Waals surface area (Å²) in [6.07, 6.45) is 5.76. The molecule has 0 aliphatic carbocycles. The molecule has 0 saturated carbocycles. The van der Waals surface area contributed by atoms with Gasteiger partial charge in [0.15, 0.2) is 0 Å². The molecule has 2 aromatic heterocycles. The van der Waals surface area contributed by atoms with E-state index < -0.39 is 0 Å². The van der Waals surface area contributed by atoms with Gasteiger partial charge in [-0.15, -0.1) is 0 Å². The van der Waals surface area contributed by atoms with Crippen LogP contribution in [-0.2, 0) is 6.42 Å². The summed E-state index contributed by atoms with van der Waals surface area (Å²) in [7, 11) is 0. The summed E-state index contributed by atoms with van der Waals surface area (Å²) in [6, 6.07) is 5.77. The number of rotatable bonds is 5. The number of hydrogen-bond acceptors (Lipinski definition) is 3. The summed E-state index contributed by atoms with van der Waals surface area (Å²) in [6.45, 7) is 4.72. The summed E-state index contributed by atoms with van der Waals surface area (Å²) < 4.78 is 7.41. The maximum absolute atomic E-state index is 5.40. The Kier molecular flexibility index (Phi) is 3.75. The number of hydrogen-bond donors (Lipinski definition) is 0. The normalized spacial score (nSPS) is 10.5. The van der Waals surface area contributed by atoms with Crippen molar-refractivity contribution in [3.8, 4) is 11.7 Å². The first-order valence-corrected chi connectivity index (χ1v) is 5.97. The van der Waals surface area contributed by atoms with Crippen molar-refractivity contribution < 1.29 is 4.74 Å². The molecule has 0 saturated heterocycles. The van der Waals surface area contributed by atoms with Gasteiger partial charge in [0.25, 0.3) is 0 Å². The Hall–Kier alpha value is -1.84. The Morgan fingerprint density at radius 1 is 1.29 bits per heavy atom. The van der Waals surface area contributed by atoms with E-state index in [-0.39, 0.29) is 0 Å². The Labute approximate surface area is 101 Å². The predicted octanol–water partition coefficient (Wildman–Crippen LogP) is 2.62. The van der Waals surface area contributed by atoms with E-state index in [9.17, 15) is 0 Å². The minimum absolute atomic E-state index is 0.627. The highest BCUT2D eigenvalue weighted by molar-refractivity contribution is 5.29. The maximum Gasteiger partial charge on any atom is 0.215 e. The molecule has 0 atom stereocenters. The first-order valence-electron chi connectivity index (χ1n) is 5.97. The lowest BCUT2D eigenvalue weighted by Crippen LogP contribution is -2.04. The maximum atomic E-state index is 5.40. The largest absolute Gasteiger partial charge is 0.478 e. The summed E-state index contributed by atoms with van der Waals surface area (Å²) in [4.78, 5) is 8.79. The molecular formula is C13H17N3O. The molecule has 0 aliphatic rings. The van der Waals surface area contributed by atoms with E-state index in [0.717, 1.165) is 24.5 Å². The van der Waals surface area contributed by atoms with E-state index in [1.165, 1.54) is 0 Å². The highest BCUT2D eigenvalue weighted by atomic mass is 16.5. The quantitative estimate of drug-likeness (QED) is 0.794. The summed E-state index contributed by atoms with van der Waals surface area (Å²) in [5.41, 5.74) is 0. The molecule has 0 radical (unpaired) electrons. The molecule has 90 valence electrons. The Bertz CT molecular complexity index is 479. The topological polar surface area (TPSA) is 39.9 Å². The van der Waals surface area contributed by atoms with Crippen LogP contribution >= 0.6 is 0 Å². The van der Waals surface area contributed by atoms with Gasteiger partial charge < -0.3 is 4.74 Å². The highest BCUT2D eigenvalue weighted by Crippen LogP contribution is 2.14. The van der Waals surface area contributed by atoms with Crippen molar-refractivity contribution >= 4 is 0 Å². The van der Waals surface area contributed by atoms with Gasteiger partial charge in [-0.05, 0) is 19.4 Å². The number of nitrogens with zero attached hydrogens (tertiary/aromatic N) is 3. The number of aromatic nitrogens is 3. The van der Waals surface area contributed by atoms with Gasteiger partial charge in [-0.3, -0.25) is 4.57 Å². The number of aryl methyl sites for hydroxylation is 1. The van der Waals surface area contributed by atoms with E-state index in [1.807, 2.05) is 35.9 Å². The summed E-state index contributed by atoms with van der Waals surface area (Å²) >= 11 is 0. The molecule has 0 N–H and O–H groups in total. The van der Waals surface area contributed by atoms with Crippen molar-refractivity contribution in [2.75, 3.05) is 6.61 Å². The van der Waals surface area contributed by atoms with Gasteiger partial charge >= 0.3 is 0 Å². The van der Waals surface area contributed by atoms with Crippen molar-refractivity contribution in [2.24, 2.45) is 0 Å². The zero-order valence-corrected chi connectivity index (χ0v) is 10.3. The van der Waals surface area contributed by atoms with E-state index in [1.54, 1.807) is 6.20 Å². The van der Waals surface area contributed by atoms with Crippen LogP contribution in [0.3, 0.4) is 0 Å². The minimum Gasteiger partial charge on any atom is -0.478 e. The van der Waals surface area contributed by atoms with Crippen LogP contribution in [0.15, 0.2) is 30.6 Å². The van der Waals surface area contributed by atoms with E-state index in [0.29, 0.717) is 12.5 Å².